The number of aromatic nitrogens is 3. The van der Waals surface area contributed by atoms with Crippen LogP contribution >= 0.6 is 0 Å². The first-order valence-electron chi connectivity index (χ1n) is 8.84. The van der Waals surface area contributed by atoms with Crippen molar-refractivity contribution in [1.82, 2.24) is 14.5 Å². The number of aryl methyl sites for hydroxylation is 4. The number of hydrogen-bond donors (Lipinski definition) is 1. The zero-order valence-corrected chi connectivity index (χ0v) is 15.8. The molecular formula is C22H21N3O2. The van der Waals surface area contributed by atoms with Gasteiger partial charge in [-0.15, -0.1) is 0 Å². The number of ether oxygens (including phenoxy) is 1. The van der Waals surface area contributed by atoms with Gasteiger partial charge in [0.05, 0.1) is 5.52 Å². The van der Waals surface area contributed by atoms with Crippen LogP contribution in [0, 0.1) is 20.8 Å². The number of benzene rings is 2. The molecule has 0 amide bonds. The Balaban J connectivity index is 1.98. The highest BCUT2D eigenvalue weighted by atomic mass is 16.5. The SMILES string of the molecule is Cc1nc2c(Oc3c(C)cccc3C)c(-c3ccc(=O)n(C)c3)ccc2[nH]1. The fourth-order valence-corrected chi connectivity index (χ4v) is 3.32. The van der Waals surface area contributed by atoms with Gasteiger partial charge in [-0.05, 0) is 50.1 Å². The summed E-state index contributed by atoms with van der Waals surface area (Å²) in [6.07, 6.45) is 1.82. The molecule has 5 heteroatoms. The Morgan fingerprint density at radius 1 is 0.963 bits per heavy atom. The van der Waals surface area contributed by atoms with Crippen LogP contribution in [0.1, 0.15) is 17.0 Å². The summed E-state index contributed by atoms with van der Waals surface area (Å²) in [6, 6.07) is 13.5. The number of aromatic amines is 1. The summed E-state index contributed by atoms with van der Waals surface area (Å²) in [5.41, 5.74) is 5.57. The van der Waals surface area contributed by atoms with Gasteiger partial charge >= 0.3 is 0 Å². The predicted molar refractivity (Wildman–Crippen MR) is 107 cm³/mol. The van der Waals surface area contributed by atoms with E-state index >= 15 is 0 Å². The van der Waals surface area contributed by atoms with Crippen molar-refractivity contribution in [3.05, 3.63) is 76.0 Å². The van der Waals surface area contributed by atoms with E-state index in [-0.39, 0.29) is 5.56 Å². The van der Waals surface area contributed by atoms with E-state index < -0.39 is 0 Å². The van der Waals surface area contributed by atoms with Gasteiger partial charge < -0.3 is 14.3 Å². The quantitative estimate of drug-likeness (QED) is 0.579. The number of pyridine rings is 1. The first-order chi connectivity index (χ1) is 12.9. The Labute approximate surface area is 157 Å². The maximum atomic E-state index is 11.8. The largest absolute Gasteiger partial charge is 0.454 e. The summed E-state index contributed by atoms with van der Waals surface area (Å²) in [4.78, 5) is 19.7. The second-order valence-corrected chi connectivity index (χ2v) is 6.85. The molecule has 0 aliphatic rings. The van der Waals surface area contributed by atoms with E-state index in [4.69, 9.17) is 4.74 Å². The van der Waals surface area contributed by atoms with Gasteiger partial charge in [-0.3, -0.25) is 4.79 Å². The molecule has 0 saturated carbocycles. The van der Waals surface area contributed by atoms with Gasteiger partial charge in [0, 0.05) is 30.4 Å². The van der Waals surface area contributed by atoms with Crippen LogP contribution in [0.25, 0.3) is 22.2 Å². The number of imidazole rings is 1. The van der Waals surface area contributed by atoms with Crippen LogP contribution in [-0.4, -0.2) is 14.5 Å². The summed E-state index contributed by atoms with van der Waals surface area (Å²) in [5, 5.41) is 0. The average Bonchev–Trinajstić information content (AvgIpc) is 3.01. The summed E-state index contributed by atoms with van der Waals surface area (Å²) < 4.78 is 8.02. The molecule has 4 aromatic rings. The van der Waals surface area contributed by atoms with Crippen molar-refractivity contribution >= 4 is 11.0 Å². The van der Waals surface area contributed by atoms with Crippen molar-refractivity contribution in [1.29, 1.82) is 0 Å². The molecule has 2 aromatic heterocycles. The third-order valence-electron chi connectivity index (χ3n) is 4.74. The maximum Gasteiger partial charge on any atom is 0.250 e. The van der Waals surface area contributed by atoms with E-state index in [2.05, 4.69) is 9.97 Å². The van der Waals surface area contributed by atoms with E-state index in [0.717, 1.165) is 44.9 Å². The van der Waals surface area contributed by atoms with E-state index in [1.165, 1.54) is 0 Å². The summed E-state index contributed by atoms with van der Waals surface area (Å²) in [7, 11) is 1.75. The van der Waals surface area contributed by atoms with E-state index in [1.54, 1.807) is 17.7 Å². The van der Waals surface area contributed by atoms with Crippen LogP contribution in [0.15, 0.2) is 53.5 Å². The summed E-state index contributed by atoms with van der Waals surface area (Å²) >= 11 is 0. The first kappa shape index (κ1) is 17.1. The highest BCUT2D eigenvalue weighted by molar-refractivity contribution is 5.91. The van der Waals surface area contributed by atoms with Gasteiger partial charge in [-0.1, -0.05) is 18.2 Å². The van der Waals surface area contributed by atoms with Gasteiger partial charge in [0.15, 0.2) is 5.75 Å². The molecule has 1 N–H and O–H groups in total. The molecule has 27 heavy (non-hydrogen) atoms. The average molecular weight is 359 g/mol. The Hall–Kier alpha value is -3.34. The van der Waals surface area contributed by atoms with Crippen molar-refractivity contribution in [2.24, 2.45) is 7.05 Å². The minimum atomic E-state index is -0.0485. The molecule has 136 valence electrons. The number of nitrogens with zero attached hydrogens (tertiary/aromatic N) is 2. The molecule has 0 spiro atoms. The molecule has 0 saturated heterocycles. The first-order valence-corrected chi connectivity index (χ1v) is 8.84. The van der Waals surface area contributed by atoms with Crippen molar-refractivity contribution in [3.8, 4) is 22.6 Å². The Morgan fingerprint density at radius 3 is 2.41 bits per heavy atom. The monoisotopic (exact) mass is 359 g/mol. The highest BCUT2D eigenvalue weighted by Gasteiger charge is 2.17. The second-order valence-electron chi connectivity index (χ2n) is 6.85. The van der Waals surface area contributed by atoms with Crippen LogP contribution in [0.3, 0.4) is 0 Å². The topological polar surface area (TPSA) is 59.9 Å². The molecular weight excluding hydrogens is 338 g/mol. The van der Waals surface area contributed by atoms with Gasteiger partial charge in [0.25, 0.3) is 0 Å². The zero-order valence-electron chi connectivity index (χ0n) is 15.8. The van der Waals surface area contributed by atoms with Crippen LogP contribution < -0.4 is 10.3 Å². The van der Waals surface area contributed by atoms with Crippen LogP contribution in [0.2, 0.25) is 0 Å². The normalized spacial score (nSPS) is 11.1. The standard InChI is InChI=1S/C22H21N3O2/c1-13-6-5-7-14(2)21(13)27-22-17(16-8-11-19(26)25(4)12-16)9-10-18-20(22)24-15(3)23-18/h5-12H,1-4H3,(H,23,24). The fourth-order valence-electron chi connectivity index (χ4n) is 3.32. The number of fused-ring (bicyclic) bond motifs is 1. The number of nitrogens with one attached hydrogen (secondary N) is 1. The lowest BCUT2D eigenvalue weighted by Crippen LogP contribution is -2.14. The predicted octanol–water partition coefficient (Wildman–Crippen LogP) is 4.65. The number of H-pyrrole nitrogens is 1. The van der Waals surface area contributed by atoms with Crippen molar-refractivity contribution in [2.45, 2.75) is 20.8 Å². The molecule has 4 rings (SSSR count). The lowest BCUT2D eigenvalue weighted by molar-refractivity contribution is 0.481. The van der Waals surface area contributed by atoms with Crippen molar-refractivity contribution in [2.75, 3.05) is 0 Å². The molecule has 0 atom stereocenters. The molecule has 0 fully saturated rings. The molecule has 0 radical (unpaired) electrons. The Bertz CT molecular complexity index is 1200. The van der Waals surface area contributed by atoms with Crippen LogP contribution in [-0.2, 0) is 7.05 Å². The lowest BCUT2D eigenvalue weighted by Gasteiger charge is -2.16. The minimum absolute atomic E-state index is 0.0485. The van der Waals surface area contributed by atoms with E-state index in [9.17, 15) is 4.79 Å². The van der Waals surface area contributed by atoms with E-state index in [0.29, 0.717) is 5.75 Å². The smallest absolute Gasteiger partial charge is 0.250 e. The molecule has 0 bridgehead atoms. The maximum absolute atomic E-state index is 11.8. The fraction of sp³-hybridized carbons (Fsp3) is 0.182. The lowest BCUT2D eigenvalue weighted by atomic mass is 10.0. The number of hydrogen-bond acceptors (Lipinski definition) is 3. The van der Waals surface area contributed by atoms with Crippen LogP contribution in [0.4, 0.5) is 0 Å². The van der Waals surface area contributed by atoms with Gasteiger partial charge in [-0.25, -0.2) is 4.98 Å². The summed E-state index contributed by atoms with van der Waals surface area (Å²) in [6.45, 7) is 5.99. The molecule has 0 aliphatic carbocycles. The van der Waals surface area contributed by atoms with Crippen LogP contribution in [0.5, 0.6) is 11.5 Å². The van der Waals surface area contributed by atoms with Crippen molar-refractivity contribution < 1.29 is 4.74 Å². The molecule has 2 heterocycles. The highest BCUT2D eigenvalue weighted by Crippen LogP contribution is 2.40. The zero-order chi connectivity index (χ0) is 19.1. The van der Waals surface area contributed by atoms with Gasteiger partial charge in [0.1, 0.15) is 17.1 Å². The van der Waals surface area contributed by atoms with E-state index in [1.807, 2.05) is 63.4 Å². The number of rotatable bonds is 3. The summed E-state index contributed by atoms with van der Waals surface area (Å²) in [5.74, 6) is 2.35. The van der Waals surface area contributed by atoms with Gasteiger partial charge in [-0.2, -0.15) is 0 Å². The third kappa shape index (κ3) is 3.01. The Morgan fingerprint density at radius 2 is 1.70 bits per heavy atom. The van der Waals surface area contributed by atoms with Gasteiger partial charge in [0.2, 0.25) is 5.56 Å². The second kappa shape index (κ2) is 6.43. The minimum Gasteiger partial charge on any atom is -0.454 e. The molecule has 0 aliphatic heterocycles. The molecule has 5 nitrogen and oxygen atoms in total. The Kier molecular flexibility index (Phi) is 4.07. The third-order valence-corrected chi connectivity index (χ3v) is 4.74. The number of para-hydroxylation sites is 1. The molecule has 2 aromatic carbocycles. The molecule has 0 unspecified atom stereocenters. The van der Waals surface area contributed by atoms with Crippen molar-refractivity contribution in [3.63, 3.8) is 0 Å².